The van der Waals surface area contributed by atoms with Crippen molar-refractivity contribution in [1.29, 1.82) is 0 Å². The highest BCUT2D eigenvalue weighted by atomic mass is 16.5. The molecule has 2 rings (SSSR count). The summed E-state index contributed by atoms with van der Waals surface area (Å²) in [4.78, 5) is 0. The zero-order valence-corrected chi connectivity index (χ0v) is 10.8. The van der Waals surface area contributed by atoms with E-state index in [0.717, 1.165) is 38.2 Å². The minimum Gasteiger partial charge on any atom is -0.383 e. The highest BCUT2D eigenvalue weighted by Gasteiger charge is 2.38. The molecular weight excluding hydrogens is 216 g/mol. The molecule has 1 saturated heterocycles. The van der Waals surface area contributed by atoms with E-state index in [4.69, 9.17) is 4.74 Å². The van der Waals surface area contributed by atoms with Gasteiger partial charge in [0.15, 0.2) is 5.82 Å². The van der Waals surface area contributed by atoms with Gasteiger partial charge in [-0.05, 0) is 25.8 Å². The molecule has 1 atom stereocenters. The number of nitrogens with one attached hydrogen (secondary N) is 1. The lowest BCUT2D eigenvalue weighted by Gasteiger charge is -2.28. The van der Waals surface area contributed by atoms with E-state index in [1.54, 1.807) is 7.11 Å². The van der Waals surface area contributed by atoms with Crippen molar-refractivity contribution in [2.75, 3.05) is 20.3 Å². The summed E-state index contributed by atoms with van der Waals surface area (Å²) in [6, 6.07) is 0. The summed E-state index contributed by atoms with van der Waals surface area (Å²) < 4.78 is 7.25. The van der Waals surface area contributed by atoms with Crippen LogP contribution in [0.3, 0.4) is 0 Å². The first-order valence-corrected chi connectivity index (χ1v) is 6.44. The van der Waals surface area contributed by atoms with Crippen LogP contribution in [0.1, 0.15) is 38.4 Å². The molecule has 2 heterocycles. The van der Waals surface area contributed by atoms with Gasteiger partial charge in [-0.2, -0.15) is 0 Å². The van der Waals surface area contributed by atoms with Crippen molar-refractivity contribution in [2.45, 2.75) is 44.7 Å². The van der Waals surface area contributed by atoms with Crippen LogP contribution >= 0.6 is 0 Å². The Bertz CT molecular complexity index is 344. The number of hydrogen-bond acceptors (Lipinski definition) is 4. The highest BCUT2D eigenvalue weighted by Crippen LogP contribution is 2.33. The van der Waals surface area contributed by atoms with Gasteiger partial charge >= 0.3 is 0 Å². The highest BCUT2D eigenvalue weighted by molar-refractivity contribution is 5.09. The number of hydrogen-bond donors (Lipinski definition) is 1. The molecule has 1 aliphatic rings. The first-order valence-electron chi connectivity index (χ1n) is 6.44. The van der Waals surface area contributed by atoms with Gasteiger partial charge in [0.1, 0.15) is 6.33 Å². The lowest BCUT2D eigenvalue weighted by molar-refractivity contribution is 0.182. The fraction of sp³-hybridized carbons (Fsp3) is 0.833. The standard InChI is InChI=1S/C12H22N4O/c1-3-5-12(6-4-7-13-12)11-15-14-10-16(11)8-9-17-2/h10,13H,3-9H2,1-2H3. The summed E-state index contributed by atoms with van der Waals surface area (Å²) in [5.41, 5.74) is 0.0407. The van der Waals surface area contributed by atoms with Gasteiger partial charge in [-0.25, -0.2) is 0 Å². The molecule has 1 aromatic rings. The fourth-order valence-corrected chi connectivity index (χ4v) is 2.73. The Morgan fingerprint density at radius 2 is 2.47 bits per heavy atom. The first-order chi connectivity index (χ1) is 8.32. The van der Waals surface area contributed by atoms with Crippen molar-refractivity contribution in [1.82, 2.24) is 20.1 Å². The molecule has 5 nitrogen and oxygen atoms in total. The van der Waals surface area contributed by atoms with Gasteiger partial charge in [0.2, 0.25) is 0 Å². The number of rotatable bonds is 6. The second-order valence-electron chi connectivity index (χ2n) is 4.70. The zero-order chi connectivity index (χ0) is 12.1. The summed E-state index contributed by atoms with van der Waals surface area (Å²) >= 11 is 0. The Morgan fingerprint density at radius 1 is 1.59 bits per heavy atom. The third-order valence-corrected chi connectivity index (χ3v) is 3.50. The van der Waals surface area contributed by atoms with Crippen LogP contribution in [0.4, 0.5) is 0 Å². The molecule has 1 aliphatic heterocycles. The second-order valence-corrected chi connectivity index (χ2v) is 4.70. The van der Waals surface area contributed by atoms with Crippen LogP contribution in [0, 0.1) is 0 Å². The van der Waals surface area contributed by atoms with Gasteiger partial charge < -0.3 is 14.6 Å². The average Bonchev–Trinajstić information content (AvgIpc) is 2.95. The monoisotopic (exact) mass is 238 g/mol. The molecule has 1 unspecified atom stereocenters. The van der Waals surface area contributed by atoms with E-state index in [1.807, 2.05) is 6.33 Å². The maximum absolute atomic E-state index is 5.13. The normalized spacial score (nSPS) is 24.4. The quantitative estimate of drug-likeness (QED) is 0.811. The van der Waals surface area contributed by atoms with Crippen molar-refractivity contribution in [3.05, 3.63) is 12.2 Å². The Labute approximate surface area is 103 Å². The predicted octanol–water partition coefficient (Wildman–Crippen LogP) is 1.30. The lowest BCUT2D eigenvalue weighted by Crippen LogP contribution is -2.39. The van der Waals surface area contributed by atoms with Gasteiger partial charge in [-0.1, -0.05) is 13.3 Å². The second kappa shape index (κ2) is 5.60. The predicted molar refractivity (Wildman–Crippen MR) is 65.7 cm³/mol. The van der Waals surface area contributed by atoms with Crippen molar-refractivity contribution in [3.63, 3.8) is 0 Å². The van der Waals surface area contributed by atoms with Crippen LogP contribution in [0.25, 0.3) is 0 Å². The molecule has 0 aromatic carbocycles. The molecular formula is C12H22N4O. The number of aromatic nitrogens is 3. The minimum atomic E-state index is 0.0407. The van der Waals surface area contributed by atoms with Crippen LogP contribution in [0.2, 0.25) is 0 Å². The van der Waals surface area contributed by atoms with Gasteiger partial charge in [0, 0.05) is 13.7 Å². The molecule has 0 amide bonds. The Morgan fingerprint density at radius 3 is 3.12 bits per heavy atom. The maximum Gasteiger partial charge on any atom is 0.153 e. The summed E-state index contributed by atoms with van der Waals surface area (Å²) in [7, 11) is 1.72. The van der Waals surface area contributed by atoms with E-state index >= 15 is 0 Å². The third kappa shape index (κ3) is 2.50. The van der Waals surface area contributed by atoms with E-state index in [2.05, 4.69) is 27.0 Å². The first kappa shape index (κ1) is 12.5. The Hall–Kier alpha value is -0.940. The van der Waals surface area contributed by atoms with Gasteiger partial charge in [-0.15, -0.1) is 10.2 Å². The van der Waals surface area contributed by atoms with E-state index in [0.29, 0.717) is 6.61 Å². The van der Waals surface area contributed by atoms with Crippen molar-refractivity contribution < 1.29 is 4.74 Å². The van der Waals surface area contributed by atoms with Gasteiger partial charge in [0.25, 0.3) is 0 Å². The van der Waals surface area contributed by atoms with Crippen molar-refractivity contribution in [3.8, 4) is 0 Å². The van der Waals surface area contributed by atoms with Crippen molar-refractivity contribution in [2.24, 2.45) is 0 Å². The Balaban J connectivity index is 2.20. The van der Waals surface area contributed by atoms with Gasteiger partial charge in [0.05, 0.1) is 12.1 Å². The summed E-state index contributed by atoms with van der Waals surface area (Å²) in [5, 5.41) is 12.0. The fourth-order valence-electron chi connectivity index (χ4n) is 2.73. The maximum atomic E-state index is 5.13. The minimum absolute atomic E-state index is 0.0407. The molecule has 0 radical (unpaired) electrons. The SMILES string of the molecule is CCCC1(c2nncn2CCOC)CCCN1. The summed E-state index contributed by atoms with van der Waals surface area (Å²) in [6.07, 6.45) is 6.47. The smallest absolute Gasteiger partial charge is 0.153 e. The molecule has 0 saturated carbocycles. The molecule has 1 aromatic heterocycles. The third-order valence-electron chi connectivity index (χ3n) is 3.50. The zero-order valence-electron chi connectivity index (χ0n) is 10.8. The van der Waals surface area contributed by atoms with E-state index < -0.39 is 0 Å². The topological polar surface area (TPSA) is 52.0 Å². The molecule has 17 heavy (non-hydrogen) atoms. The molecule has 0 spiro atoms. The van der Waals surface area contributed by atoms with E-state index in [1.165, 1.54) is 6.42 Å². The number of ether oxygens (including phenoxy) is 1. The molecule has 0 aliphatic carbocycles. The summed E-state index contributed by atoms with van der Waals surface area (Å²) in [5.74, 6) is 1.08. The summed E-state index contributed by atoms with van der Waals surface area (Å²) in [6.45, 7) is 4.83. The molecule has 96 valence electrons. The van der Waals surface area contributed by atoms with Gasteiger partial charge in [-0.3, -0.25) is 0 Å². The van der Waals surface area contributed by atoms with Crippen LogP contribution in [-0.2, 0) is 16.8 Å². The molecule has 1 N–H and O–H groups in total. The number of nitrogens with zero attached hydrogens (tertiary/aromatic N) is 3. The van der Waals surface area contributed by atoms with Crippen molar-refractivity contribution >= 4 is 0 Å². The molecule has 5 heteroatoms. The van der Waals surface area contributed by atoms with Crippen LogP contribution < -0.4 is 5.32 Å². The van der Waals surface area contributed by atoms with Crippen LogP contribution in [0.5, 0.6) is 0 Å². The average molecular weight is 238 g/mol. The van der Waals surface area contributed by atoms with Crippen LogP contribution in [-0.4, -0.2) is 35.0 Å². The van der Waals surface area contributed by atoms with Crippen LogP contribution in [0.15, 0.2) is 6.33 Å². The number of methoxy groups -OCH3 is 1. The molecule has 1 fully saturated rings. The Kier molecular flexibility index (Phi) is 4.12. The lowest BCUT2D eigenvalue weighted by atomic mass is 9.91. The molecule has 0 bridgehead atoms. The largest absolute Gasteiger partial charge is 0.383 e. The van der Waals surface area contributed by atoms with E-state index in [9.17, 15) is 0 Å². The van der Waals surface area contributed by atoms with E-state index in [-0.39, 0.29) is 5.54 Å².